The van der Waals surface area contributed by atoms with Gasteiger partial charge in [0.05, 0.1) is 10.7 Å². The van der Waals surface area contributed by atoms with Crippen molar-refractivity contribution < 1.29 is 4.79 Å². The van der Waals surface area contributed by atoms with Crippen molar-refractivity contribution in [1.82, 2.24) is 4.90 Å². The third-order valence-electron chi connectivity index (χ3n) is 3.13. The van der Waals surface area contributed by atoms with Crippen LogP contribution in [-0.4, -0.2) is 29.9 Å². The molecule has 1 aromatic rings. The van der Waals surface area contributed by atoms with Gasteiger partial charge in [0.25, 0.3) is 0 Å². The summed E-state index contributed by atoms with van der Waals surface area (Å²) in [6.07, 6.45) is 1.54. The molecule has 0 unspecified atom stereocenters. The van der Waals surface area contributed by atoms with Crippen molar-refractivity contribution in [3.8, 4) is 0 Å². The number of hydrogen-bond donors (Lipinski definition) is 2. The standard InChI is InChI=1S/C15H24ClN3O/c1-4-8-19(11(2)3)9-7-15(20)18-14-6-5-12(17)10-13(14)16/h5-6,10-11H,4,7-9,17H2,1-3H3,(H,18,20). The van der Waals surface area contributed by atoms with E-state index in [9.17, 15) is 4.79 Å². The highest BCUT2D eigenvalue weighted by Crippen LogP contribution is 2.24. The summed E-state index contributed by atoms with van der Waals surface area (Å²) in [5, 5.41) is 3.29. The van der Waals surface area contributed by atoms with Crippen LogP contribution in [0.1, 0.15) is 33.6 Å². The number of carbonyl (C=O) groups excluding carboxylic acids is 1. The first-order valence-electron chi connectivity index (χ1n) is 7.03. The van der Waals surface area contributed by atoms with E-state index in [1.807, 2.05) is 0 Å². The fourth-order valence-corrected chi connectivity index (χ4v) is 2.24. The Morgan fingerprint density at radius 3 is 2.65 bits per heavy atom. The molecule has 0 saturated carbocycles. The van der Waals surface area contributed by atoms with E-state index in [1.54, 1.807) is 18.2 Å². The number of carbonyl (C=O) groups is 1. The molecule has 0 aliphatic rings. The number of nitrogens with two attached hydrogens (primary N) is 1. The zero-order chi connectivity index (χ0) is 15.1. The van der Waals surface area contributed by atoms with Crippen LogP contribution in [0.2, 0.25) is 5.02 Å². The summed E-state index contributed by atoms with van der Waals surface area (Å²) in [5.74, 6) is -0.0292. The molecular weight excluding hydrogens is 274 g/mol. The van der Waals surface area contributed by atoms with Gasteiger partial charge in [0.15, 0.2) is 0 Å². The van der Waals surface area contributed by atoms with Crippen LogP contribution in [0.15, 0.2) is 18.2 Å². The molecule has 1 rings (SSSR count). The van der Waals surface area contributed by atoms with Crippen LogP contribution in [0.25, 0.3) is 0 Å². The molecule has 0 radical (unpaired) electrons. The zero-order valence-electron chi connectivity index (χ0n) is 12.4. The molecule has 3 N–H and O–H groups in total. The van der Waals surface area contributed by atoms with Gasteiger partial charge in [0.2, 0.25) is 5.91 Å². The number of nitrogens with one attached hydrogen (secondary N) is 1. The number of rotatable bonds is 7. The second-order valence-electron chi connectivity index (χ2n) is 5.17. The quantitative estimate of drug-likeness (QED) is 0.759. The normalized spacial score (nSPS) is 11.1. The van der Waals surface area contributed by atoms with E-state index in [2.05, 4.69) is 31.0 Å². The molecular formula is C15H24ClN3O. The average molecular weight is 298 g/mol. The fraction of sp³-hybridized carbons (Fsp3) is 0.533. The number of nitrogens with zero attached hydrogens (tertiary/aromatic N) is 1. The summed E-state index contributed by atoms with van der Waals surface area (Å²) < 4.78 is 0. The Bertz CT molecular complexity index is 449. The molecule has 0 atom stereocenters. The van der Waals surface area contributed by atoms with E-state index in [1.165, 1.54) is 0 Å². The number of amides is 1. The predicted molar refractivity (Wildman–Crippen MR) is 86.1 cm³/mol. The summed E-state index contributed by atoms with van der Waals surface area (Å²) in [4.78, 5) is 14.2. The number of hydrogen-bond acceptors (Lipinski definition) is 3. The van der Waals surface area contributed by atoms with Crippen LogP contribution >= 0.6 is 11.6 Å². The van der Waals surface area contributed by atoms with Crippen LogP contribution in [0, 0.1) is 0 Å². The number of nitrogen functional groups attached to an aromatic ring is 1. The van der Waals surface area contributed by atoms with Crippen LogP contribution in [0.5, 0.6) is 0 Å². The summed E-state index contributed by atoms with van der Waals surface area (Å²) in [7, 11) is 0. The first kappa shape index (κ1) is 16.8. The highest BCUT2D eigenvalue weighted by molar-refractivity contribution is 6.34. The van der Waals surface area contributed by atoms with Crippen molar-refractivity contribution in [3.63, 3.8) is 0 Å². The average Bonchev–Trinajstić information content (AvgIpc) is 2.37. The van der Waals surface area contributed by atoms with Crippen LogP contribution in [0.4, 0.5) is 11.4 Å². The molecule has 4 nitrogen and oxygen atoms in total. The molecule has 112 valence electrons. The summed E-state index contributed by atoms with van der Waals surface area (Å²) in [5.41, 5.74) is 6.81. The first-order valence-corrected chi connectivity index (χ1v) is 7.40. The van der Waals surface area contributed by atoms with Gasteiger partial charge in [-0.1, -0.05) is 18.5 Å². The highest BCUT2D eigenvalue weighted by atomic mass is 35.5. The lowest BCUT2D eigenvalue weighted by molar-refractivity contribution is -0.116. The smallest absolute Gasteiger partial charge is 0.225 e. The highest BCUT2D eigenvalue weighted by Gasteiger charge is 2.11. The predicted octanol–water partition coefficient (Wildman–Crippen LogP) is 3.37. The van der Waals surface area contributed by atoms with E-state index >= 15 is 0 Å². The van der Waals surface area contributed by atoms with Crippen molar-refractivity contribution in [3.05, 3.63) is 23.2 Å². The lowest BCUT2D eigenvalue weighted by atomic mass is 10.2. The SMILES string of the molecule is CCCN(CCC(=O)Nc1ccc(N)cc1Cl)C(C)C. The Balaban J connectivity index is 2.51. The van der Waals surface area contributed by atoms with Gasteiger partial charge in [-0.25, -0.2) is 0 Å². The van der Waals surface area contributed by atoms with E-state index in [0.717, 1.165) is 19.5 Å². The summed E-state index contributed by atoms with van der Waals surface area (Å²) >= 11 is 6.03. The van der Waals surface area contributed by atoms with Gasteiger partial charge in [0, 0.05) is 24.7 Å². The molecule has 0 saturated heterocycles. The number of anilines is 2. The molecule has 0 heterocycles. The molecule has 0 fully saturated rings. The maximum absolute atomic E-state index is 12.0. The van der Waals surface area contributed by atoms with Crippen molar-refractivity contribution in [2.75, 3.05) is 24.1 Å². The van der Waals surface area contributed by atoms with Gasteiger partial charge >= 0.3 is 0 Å². The van der Waals surface area contributed by atoms with Crippen molar-refractivity contribution in [2.24, 2.45) is 0 Å². The van der Waals surface area contributed by atoms with Gasteiger partial charge in [0.1, 0.15) is 0 Å². The minimum Gasteiger partial charge on any atom is -0.399 e. The van der Waals surface area contributed by atoms with Crippen molar-refractivity contribution in [1.29, 1.82) is 0 Å². The molecule has 0 spiro atoms. The second-order valence-corrected chi connectivity index (χ2v) is 5.57. The molecule has 1 amide bonds. The Morgan fingerprint density at radius 2 is 2.10 bits per heavy atom. The lowest BCUT2D eigenvalue weighted by Crippen LogP contribution is -2.34. The van der Waals surface area contributed by atoms with Crippen LogP contribution in [-0.2, 0) is 4.79 Å². The Morgan fingerprint density at radius 1 is 1.40 bits per heavy atom. The van der Waals surface area contributed by atoms with Gasteiger partial charge in [-0.3, -0.25) is 4.79 Å². The molecule has 20 heavy (non-hydrogen) atoms. The maximum Gasteiger partial charge on any atom is 0.225 e. The first-order chi connectivity index (χ1) is 9.43. The molecule has 0 aliphatic heterocycles. The fourth-order valence-electron chi connectivity index (χ4n) is 2.01. The molecule has 0 bridgehead atoms. The Kier molecular flexibility index (Phi) is 6.82. The Labute approximate surface area is 126 Å². The molecule has 5 heteroatoms. The van der Waals surface area contributed by atoms with E-state index < -0.39 is 0 Å². The van der Waals surface area contributed by atoms with E-state index in [4.69, 9.17) is 17.3 Å². The molecule has 1 aromatic carbocycles. The third-order valence-corrected chi connectivity index (χ3v) is 3.45. The number of benzene rings is 1. The monoisotopic (exact) mass is 297 g/mol. The van der Waals surface area contributed by atoms with Gasteiger partial charge < -0.3 is 16.0 Å². The Hall–Kier alpha value is -1.26. The minimum absolute atomic E-state index is 0.0292. The third kappa shape index (κ3) is 5.39. The van der Waals surface area contributed by atoms with Crippen molar-refractivity contribution >= 4 is 28.9 Å². The van der Waals surface area contributed by atoms with E-state index in [-0.39, 0.29) is 5.91 Å². The van der Waals surface area contributed by atoms with Gasteiger partial charge in [-0.05, 0) is 45.0 Å². The van der Waals surface area contributed by atoms with Gasteiger partial charge in [-0.15, -0.1) is 0 Å². The van der Waals surface area contributed by atoms with Crippen molar-refractivity contribution in [2.45, 2.75) is 39.7 Å². The van der Waals surface area contributed by atoms with Gasteiger partial charge in [-0.2, -0.15) is 0 Å². The number of halogens is 1. The van der Waals surface area contributed by atoms with Crippen LogP contribution < -0.4 is 11.1 Å². The summed E-state index contributed by atoms with van der Waals surface area (Å²) in [6, 6.07) is 5.53. The van der Waals surface area contributed by atoms with E-state index in [0.29, 0.717) is 28.9 Å². The van der Waals surface area contributed by atoms with Crippen LogP contribution in [0.3, 0.4) is 0 Å². The maximum atomic E-state index is 12.0. The molecule has 0 aliphatic carbocycles. The zero-order valence-corrected chi connectivity index (χ0v) is 13.2. The largest absolute Gasteiger partial charge is 0.399 e. The minimum atomic E-state index is -0.0292. The topological polar surface area (TPSA) is 58.4 Å². The summed E-state index contributed by atoms with van der Waals surface area (Å²) in [6.45, 7) is 8.19. The second kappa shape index (κ2) is 8.12. The lowest BCUT2D eigenvalue weighted by Gasteiger charge is -2.25. The molecule has 0 aromatic heterocycles.